The van der Waals surface area contributed by atoms with Gasteiger partial charge >= 0.3 is 6.03 Å². The molecule has 6 heteroatoms. The van der Waals surface area contributed by atoms with Gasteiger partial charge in [0.05, 0.1) is 12.8 Å². The van der Waals surface area contributed by atoms with E-state index in [1.807, 2.05) is 36.2 Å². The number of imidazole rings is 1. The highest BCUT2D eigenvalue weighted by atomic mass is 16.5. The van der Waals surface area contributed by atoms with Crippen LogP contribution < -0.4 is 10.1 Å². The molecule has 27 heavy (non-hydrogen) atoms. The van der Waals surface area contributed by atoms with Crippen molar-refractivity contribution < 1.29 is 9.53 Å². The van der Waals surface area contributed by atoms with Crippen molar-refractivity contribution in [1.82, 2.24) is 14.5 Å². The SMILES string of the molecule is CCCCn1ccnc1C1CCCN(C(=O)Nc2cc(C)ccc2OC)C1. The molecule has 1 aliphatic rings. The molecule has 2 aromatic rings. The molecule has 1 N–H and O–H groups in total. The Bertz CT molecular complexity index is 771. The zero-order valence-corrected chi connectivity index (χ0v) is 16.6. The Balaban J connectivity index is 1.68. The molecule has 146 valence electrons. The molecule has 3 rings (SSSR count). The number of nitrogens with zero attached hydrogens (tertiary/aromatic N) is 3. The zero-order valence-electron chi connectivity index (χ0n) is 16.6. The Kier molecular flexibility index (Phi) is 6.37. The summed E-state index contributed by atoms with van der Waals surface area (Å²) in [6, 6.07) is 5.72. The fourth-order valence-electron chi connectivity index (χ4n) is 3.68. The highest BCUT2D eigenvalue weighted by molar-refractivity contribution is 5.91. The van der Waals surface area contributed by atoms with Gasteiger partial charge in [0.2, 0.25) is 0 Å². The van der Waals surface area contributed by atoms with E-state index in [9.17, 15) is 4.79 Å². The number of aromatic nitrogens is 2. The second-order valence-corrected chi connectivity index (χ2v) is 7.25. The number of methoxy groups -OCH3 is 1. The lowest BCUT2D eigenvalue weighted by molar-refractivity contribution is 0.190. The van der Waals surface area contributed by atoms with Crippen molar-refractivity contribution in [3.63, 3.8) is 0 Å². The molecule has 1 unspecified atom stereocenters. The molecule has 0 radical (unpaired) electrons. The number of benzene rings is 1. The molecule has 1 fully saturated rings. The number of hydrogen-bond donors (Lipinski definition) is 1. The van der Waals surface area contributed by atoms with Crippen LogP contribution in [-0.4, -0.2) is 40.7 Å². The van der Waals surface area contributed by atoms with Gasteiger partial charge in [0.25, 0.3) is 0 Å². The molecule has 0 saturated carbocycles. The molecule has 1 aromatic heterocycles. The molecular weight excluding hydrogens is 340 g/mol. The quantitative estimate of drug-likeness (QED) is 0.819. The smallest absolute Gasteiger partial charge is 0.321 e. The number of nitrogens with one attached hydrogen (secondary N) is 1. The van der Waals surface area contributed by atoms with Gasteiger partial charge in [-0.1, -0.05) is 19.4 Å². The number of unbranched alkanes of at least 4 members (excludes halogenated alkanes) is 1. The van der Waals surface area contributed by atoms with E-state index in [0.717, 1.165) is 50.2 Å². The van der Waals surface area contributed by atoms with Crippen LogP contribution in [0.1, 0.15) is 49.9 Å². The first-order valence-electron chi connectivity index (χ1n) is 9.84. The third-order valence-electron chi connectivity index (χ3n) is 5.17. The maximum Gasteiger partial charge on any atom is 0.321 e. The summed E-state index contributed by atoms with van der Waals surface area (Å²) in [5.41, 5.74) is 1.80. The maximum absolute atomic E-state index is 12.9. The van der Waals surface area contributed by atoms with E-state index in [0.29, 0.717) is 18.0 Å². The van der Waals surface area contributed by atoms with Crippen molar-refractivity contribution in [2.24, 2.45) is 0 Å². The number of ether oxygens (including phenoxy) is 1. The number of carbonyl (C=O) groups is 1. The highest BCUT2D eigenvalue weighted by Gasteiger charge is 2.27. The average molecular weight is 370 g/mol. The molecule has 2 heterocycles. The van der Waals surface area contributed by atoms with Gasteiger partial charge in [0, 0.05) is 37.9 Å². The average Bonchev–Trinajstić information content (AvgIpc) is 3.15. The predicted molar refractivity (Wildman–Crippen MR) is 107 cm³/mol. The van der Waals surface area contributed by atoms with Gasteiger partial charge in [-0.25, -0.2) is 9.78 Å². The minimum atomic E-state index is -0.0738. The van der Waals surface area contributed by atoms with Crippen LogP contribution in [0, 0.1) is 6.92 Å². The van der Waals surface area contributed by atoms with E-state index in [1.165, 1.54) is 0 Å². The first-order valence-corrected chi connectivity index (χ1v) is 9.84. The monoisotopic (exact) mass is 370 g/mol. The third kappa shape index (κ3) is 4.62. The standard InChI is InChI=1S/C21H30N4O2/c1-4-5-11-24-13-10-22-20(24)17-7-6-12-25(15-17)21(26)23-18-14-16(2)8-9-19(18)27-3/h8-10,13-14,17H,4-7,11-12,15H2,1-3H3,(H,23,26). The van der Waals surface area contributed by atoms with Crippen molar-refractivity contribution in [2.75, 3.05) is 25.5 Å². The lowest BCUT2D eigenvalue weighted by Gasteiger charge is -2.33. The summed E-state index contributed by atoms with van der Waals surface area (Å²) < 4.78 is 7.62. The van der Waals surface area contributed by atoms with Crippen molar-refractivity contribution in [3.8, 4) is 5.75 Å². The van der Waals surface area contributed by atoms with Gasteiger partial charge in [-0.3, -0.25) is 0 Å². The van der Waals surface area contributed by atoms with Crippen LogP contribution in [0.25, 0.3) is 0 Å². The molecule has 1 atom stereocenters. The minimum Gasteiger partial charge on any atom is -0.495 e. The van der Waals surface area contributed by atoms with Crippen LogP contribution in [0.15, 0.2) is 30.6 Å². The molecule has 1 saturated heterocycles. The Hall–Kier alpha value is -2.50. The van der Waals surface area contributed by atoms with Crippen molar-refractivity contribution >= 4 is 11.7 Å². The number of rotatable bonds is 6. The van der Waals surface area contributed by atoms with Gasteiger partial charge < -0.3 is 19.5 Å². The van der Waals surface area contributed by atoms with Crippen LogP contribution in [0.3, 0.4) is 0 Å². The van der Waals surface area contributed by atoms with Crippen LogP contribution in [-0.2, 0) is 6.54 Å². The van der Waals surface area contributed by atoms with Crippen molar-refractivity contribution in [2.45, 2.75) is 52.0 Å². The summed E-state index contributed by atoms with van der Waals surface area (Å²) in [6.07, 6.45) is 8.30. The van der Waals surface area contributed by atoms with Crippen molar-refractivity contribution in [3.05, 3.63) is 42.0 Å². The van der Waals surface area contributed by atoms with Gasteiger partial charge in [-0.05, 0) is 43.9 Å². The lowest BCUT2D eigenvalue weighted by Crippen LogP contribution is -2.42. The number of likely N-dealkylation sites (tertiary alicyclic amines) is 1. The molecule has 0 aliphatic carbocycles. The number of urea groups is 1. The van der Waals surface area contributed by atoms with E-state index < -0.39 is 0 Å². The molecule has 1 aliphatic heterocycles. The highest BCUT2D eigenvalue weighted by Crippen LogP contribution is 2.29. The Morgan fingerprint density at radius 3 is 3.04 bits per heavy atom. The van der Waals surface area contributed by atoms with Crippen molar-refractivity contribution in [1.29, 1.82) is 0 Å². The van der Waals surface area contributed by atoms with Gasteiger partial charge in [-0.15, -0.1) is 0 Å². The summed E-state index contributed by atoms with van der Waals surface area (Å²) in [7, 11) is 1.62. The Labute approximate surface area is 161 Å². The molecule has 1 aromatic carbocycles. The third-order valence-corrected chi connectivity index (χ3v) is 5.17. The fraction of sp³-hybridized carbons (Fsp3) is 0.524. The molecule has 6 nitrogen and oxygen atoms in total. The number of hydrogen-bond acceptors (Lipinski definition) is 3. The number of amides is 2. The number of aryl methyl sites for hydroxylation is 2. The summed E-state index contributed by atoms with van der Waals surface area (Å²) in [6.45, 7) is 6.66. The number of carbonyl (C=O) groups excluding carboxylic acids is 1. The maximum atomic E-state index is 12.9. The largest absolute Gasteiger partial charge is 0.495 e. The fourth-order valence-corrected chi connectivity index (χ4v) is 3.68. The first kappa shape index (κ1) is 19.3. The topological polar surface area (TPSA) is 59.4 Å². The van der Waals surface area contributed by atoms with Gasteiger partial charge in [0.1, 0.15) is 11.6 Å². The van der Waals surface area contributed by atoms with Gasteiger partial charge in [-0.2, -0.15) is 0 Å². The summed E-state index contributed by atoms with van der Waals surface area (Å²) in [5, 5.41) is 3.02. The lowest BCUT2D eigenvalue weighted by atomic mass is 9.97. The van der Waals surface area contributed by atoms with E-state index in [4.69, 9.17) is 4.74 Å². The summed E-state index contributed by atoms with van der Waals surface area (Å²) >= 11 is 0. The number of piperidine rings is 1. The van der Waals surface area contributed by atoms with E-state index >= 15 is 0 Å². The Morgan fingerprint density at radius 1 is 1.41 bits per heavy atom. The summed E-state index contributed by atoms with van der Waals surface area (Å²) in [5.74, 6) is 2.07. The molecular formula is C21H30N4O2. The summed E-state index contributed by atoms with van der Waals surface area (Å²) in [4.78, 5) is 19.3. The zero-order chi connectivity index (χ0) is 19.2. The predicted octanol–water partition coefficient (Wildman–Crippen LogP) is 4.41. The first-order chi connectivity index (χ1) is 13.1. The van der Waals surface area contributed by atoms with E-state index in [-0.39, 0.29) is 11.9 Å². The van der Waals surface area contributed by atoms with E-state index in [1.54, 1.807) is 7.11 Å². The van der Waals surface area contributed by atoms with Crippen LogP contribution in [0.2, 0.25) is 0 Å². The van der Waals surface area contributed by atoms with Crippen LogP contribution >= 0.6 is 0 Å². The van der Waals surface area contributed by atoms with Crippen LogP contribution in [0.4, 0.5) is 10.5 Å². The van der Waals surface area contributed by atoms with Crippen LogP contribution in [0.5, 0.6) is 5.75 Å². The van der Waals surface area contributed by atoms with Gasteiger partial charge in [0.15, 0.2) is 0 Å². The molecule has 0 spiro atoms. The molecule has 0 bridgehead atoms. The second kappa shape index (κ2) is 8.93. The number of anilines is 1. The second-order valence-electron chi connectivity index (χ2n) is 7.25. The molecule has 2 amide bonds. The normalized spacial score (nSPS) is 17.0. The Morgan fingerprint density at radius 2 is 2.26 bits per heavy atom. The van der Waals surface area contributed by atoms with E-state index in [2.05, 4.69) is 28.0 Å². The minimum absolute atomic E-state index is 0.0738.